The van der Waals surface area contributed by atoms with E-state index >= 15 is 0 Å². The second-order valence-electron chi connectivity index (χ2n) is 5.30. The lowest BCUT2D eigenvalue weighted by atomic mass is 10.0. The van der Waals surface area contributed by atoms with Crippen LogP contribution in [-0.4, -0.2) is 30.6 Å². The third kappa shape index (κ3) is 3.98. The molecule has 1 atom stereocenters. The first-order valence-corrected chi connectivity index (χ1v) is 7.03. The third-order valence-electron chi connectivity index (χ3n) is 3.91. The molecule has 4 heteroatoms. The van der Waals surface area contributed by atoms with Gasteiger partial charge in [-0.3, -0.25) is 0 Å². The zero-order valence-corrected chi connectivity index (χ0v) is 11.6. The number of benzene rings is 1. The molecule has 1 saturated heterocycles. The molecule has 1 heterocycles. The molecule has 19 heavy (non-hydrogen) atoms. The predicted molar refractivity (Wildman–Crippen MR) is 73.0 cm³/mol. The number of hydrogen-bond donors (Lipinski definition) is 1. The van der Waals surface area contributed by atoms with Gasteiger partial charge in [-0.25, -0.2) is 8.78 Å². The highest BCUT2D eigenvalue weighted by molar-refractivity contribution is 5.21. The van der Waals surface area contributed by atoms with Gasteiger partial charge in [0.05, 0.1) is 0 Å². The van der Waals surface area contributed by atoms with Crippen LogP contribution in [0.5, 0.6) is 0 Å². The van der Waals surface area contributed by atoms with E-state index in [1.807, 2.05) is 6.92 Å². The molecule has 0 saturated carbocycles. The highest BCUT2D eigenvalue weighted by Crippen LogP contribution is 2.19. The first-order valence-electron chi connectivity index (χ1n) is 7.03. The maximum absolute atomic E-state index is 13.2. The molecule has 0 radical (unpaired) electrons. The van der Waals surface area contributed by atoms with E-state index in [2.05, 4.69) is 17.1 Å². The first kappa shape index (κ1) is 14.4. The summed E-state index contributed by atoms with van der Waals surface area (Å²) in [5, 5.41) is 3.47. The molecule has 1 aliphatic heterocycles. The average molecular weight is 268 g/mol. The van der Waals surface area contributed by atoms with E-state index < -0.39 is 11.6 Å². The molecule has 1 fully saturated rings. The Kier molecular flexibility index (Phi) is 4.88. The van der Waals surface area contributed by atoms with Gasteiger partial charge in [-0.05, 0) is 57.1 Å². The third-order valence-corrected chi connectivity index (χ3v) is 3.91. The van der Waals surface area contributed by atoms with Gasteiger partial charge in [0.2, 0.25) is 0 Å². The Morgan fingerprint density at radius 2 is 1.79 bits per heavy atom. The van der Waals surface area contributed by atoms with Crippen molar-refractivity contribution >= 4 is 0 Å². The van der Waals surface area contributed by atoms with Crippen LogP contribution in [0.25, 0.3) is 0 Å². The predicted octanol–water partition coefficient (Wildman–Crippen LogP) is 3.10. The molecular formula is C15H22F2N2. The summed E-state index contributed by atoms with van der Waals surface area (Å²) in [5.74, 6) is -1.02. The lowest BCUT2D eigenvalue weighted by Gasteiger charge is -2.33. The topological polar surface area (TPSA) is 15.3 Å². The van der Waals surface area contributed by atoms with Gasteiger partial charge in [-0.2, -0.15) is 0 Å². The zero-order chi connectivity index (χ0) is 13.8. The van der Waals surface area contributed by atoms with Crippen molar-refractivity contribution in [1.82, 2.24) is 10.2 Å². The summed E-state index contributed by atoms with van der Waals surface area (Å²) in [6, 6.07) is 4.13. The molecule has 2 nitrogen and oxygen atoms in total. The lowest BCUT2D eigenvalue weighted by Crippen LogP contribution is -2.43. The van der Waals surface area contributed by atoms with Crippen LogP contribution >= 0.6 is 0 Å². The normalized spacial score (nSPS) is 19.6. The minimum atomic E-state index is -0.510. The number of likely N-dealkylation sites (tertiary alicyclic amines) is 1. The average Bonchev–Trinajstić information content (AvgIpc) is 2.38. The minimum Gasteiger partial charge on any atom is -0.307 e. The Hall–Kier alpha value is -1.00. The number of nitrogens with one attached hydrogen (secondary N) is 1. The zero-order valence-electron chi connectivity index (χ0n) is 11.6. The number of nitrogens with zero attached hydrogens (tertiary/aromatic N) is 1. The summed E-state index contributed by atoms with van der Waals surface area (Å²) in [6.45, 7) is 7.42. The monoisotopic (exact) mass is 268 g/mol. The van der Waals surface area contributed by atoms with Crippen molar-refractivity contribution in [2.45, 2.75) is 38.8 Å². The van der Waals surface area contributed by atoms with Crippen molar-refractivity contribution in [2.24, 2.45) is 0 Å². The van der Waals surface area contributed by atoms with Crippen LogP contribution < -0.4 is 5.32 Å². The van der Waals surface area contributed by atoms with E-state index in [-0.39, 0.29) is 6.04 Å². The van der Waals surface area contributed by atoms with Gasteiger partial charge in [-0.15, -0.1) is 0 Å². The van der Waals surface area contributed by atoms with E-state index in [4.69, 9.17) is 0 Å². The van der Waals surface area contributed by atoms with E-state index in [1.54, 1.807) is 0 Å². The summed E-state index contributed by atoms with van der Waals surface area (Å²) in [4.78, 5) is 2.42. The van der Waals surface area contributed by atoms with Crippen LogP contribution in [0.15, 0.2) is 18.2 Å². The second kappa shape index (κ2) is 6.44. The SMILES string of the molecule is CCN1CCC(NC(C)c2cc(F)cc(F)c2)CC1. The summed E-state index contributed by atoms with van der Waals surface area (Å²) >= 11 is 0. The van der Waals surface area contributed by atoms with Crippen molar-refractivity contribution in [3.63, 3.8) is 0 Å². The molecule has 0 amide bonds. The van der Waals surface area contributed by atoms with E-state index in [0.29, 0.717) is 11.6 Å². The smallest absolute Gasteiger partial charge is 0.126 e. The summed E-state index contributed by atoms with van der Waals surface area (Å²) < 4.78 is 26.4. The Bertz CT molecular complexity index is 394. The number of rotatable bonds is 4. The molecule has 1 N–H and O–H groups in total. The molecule has 2 rings (SSSR count). The van der Waals surface area contributed by atoms with E-state index in [1.165, 1.54) is 12.1 Å². The van der Waals surface area contributed by atoms with Crippen LogP contribution in [-0.2, 0) is 0 Å². The Labute approximate surface area is 113 Å². The van der Waals surface area contributed by atoms with Gasteiger partial charge in [0, 0.05) is 18.2 Å². The molecule has 0 aliphatic carbocycles. The van der Waals surface area contributed by atoms with Crippen LogP contribution in [0.2, 0.25) is 0 Å². The van der Waals surface area contributed by atoms with Gasteiger partial charge in [-0.1, -0.05) is 6.92 Å². The highest BCUT2D eigenvalue weighted by Gasteiger charge is 2.20. The summed E-state index contributed by atoms with van der Waals surface area (Å²) in [7, 11) is 0. The van der Waals surface area contributed by atoms with E-state index in [9.17, 15) is 8.78 Å². The minimum absolute atomic E-state index is 0.0247. The van der Waals surface area contributed by atoms with E-state index in [0.717, 1.165) is 38.5 Å². The summed E-state index contributed by atoms with van der Waals surface area (Å²) in [6.07, 6.45) is 2.19. The lowest BCUT2D eigenvalue weighted by molar-refractivity contribution is 0.200. The van der Waals surface area contributed by atoms with Gasteiger partial charge in [0.1, 0.15) is 11.6 Å². The standard InChI is InChI=1S/C15H22F2N2/c1-3-19-6-4-15(5-7-19)18-11(2)12-8-13(16)10-14(17)9-12/h8-11,15,18H,3-7H2,1-2H3. The Balaban J connectivity index is 1.92. The fourth-order valence-electron chi connectivity index (χ4n) is 2.69. The Morgan fingerprint density at radius 3 is 2.32 bits per heavy atom. The second-order valence-corrected chi connectivity index (χ2v) is 5.30. The first-order chi connectivity index (χ1) is 9.08. The largest absolute Gasteiger partial charge is 0.307 e. The van der Waals surface area contributed by atoms with Gasteiger partial charge in [0.25, 0.3) is 0 Å². The number of hydrogen-bond acceptors (Lipinski definition) is 2. The highest BCUT2D eigenvalue weighted by atomic mass is 19.1. The molecule has 1 aromatic carbocycles. The van der Waals surface area contributed by atoms with Crippen LogP contribution in [0.4, 0.5) is 8.78 Å². The molecule has 1 aliphatic rings. The number of halogens is 2. The summed E-state index contributed by atoms with van der Waals surface area (Å²) in [5.41, 5.74) is 0.676. The van der Waals surface area contributed by atoms with Crippen molar-refractivity contribution in [3.8, 4) is 0 Å². The molecule has 106 valence electrons. The Morgan fingerprint density at radius 1 is 1.21 bits per heavy atom. The molecular weight excluding hydrogens is 246 g/mol. The van der Waals surface area contributed by atoms with Crippen LogP contribution in [0.3, 0.4) is 0 Å². The van der Waals surface area contributed by atoms with Crippen LogP contribution in [0.1, 0.15) is 38.3 Å². The molecule has 0 spiro atoms. The molecule has 0 bridgehead atoms. The van der Waals surface area contributed by atoms with Crippen molar-refractivity contribution in [1.29, 1.82) is 0 Å². The van der Waals surface area contributed by atoms with Gasteiger partial charge < -0.3 is 10.2 Å². The number of piperidine rings is 1. The molecule has 0 aromatic heterocycles. The molecule has 1 unspecified atom stereocenters. The maximum Gasteiger partial charge on any atom is 0.126 e. The quantitative estimate of drug-likeness (QED) is 0.902. The van der Waals surface area contributed by atoms with Crippen molar-refractivity contribution < 1.29 is 8.78 Å². The van der Waals surface area contributed by atoms with Crippen molar-refractivity contribution in [2.75, 3.05) is 19.6 Å². The molecule has 1 aromatic rings. The fourth-order valence-corrected chi connectivity index (χ4v) is 2.69. The van der Waals surface area contributed by atoms with Gasteiger partial charge >= 0.3 is 0 Å². The fraction of sp³-hybridized carbons (Fsp3) is 0.600. The van der Waals surface area contributed by atoms with Gasteiger partial charge in [0.15, 0.2) is 0 Å². The van der Waals surface area contributed by atoms with Crippen molar-refractivity contribution in [3.05, 3.63) is 35.4 Å². The van der Waals surface area contributed by atoms with Crippen LogP contribution in [0, 0.1) is 11.6 Å². The maximum atomic E-state index is 13.2.